The van der Waals surface area contributed by atoms with Gasteiger partial charge < -0.3 is 20.7 Å². The van der Waals surface area contributed by atoms with E-state index in [1.807, 2.05) is 6.92 Å². The maximum Gasteiger partial charge on any atom is 0.162 e. The Hall–Kier alpha value is -0.780. The van der Waals surface area contributed by atoms with Gasteiger partial charge in [-0.2, -0.15) is 0 Å². The Labute approximate surface area is 103 Å². The molecule has 0 radical (unpaired) electrons. The van der Waals surface area contributed by atoms with E-state index in [0.29, 0.717) is 17.7 Å². The summed E-state index contributed by atoms with van der Waals surface area (Å²) in [7, 11) is 1.47. The maximum atomic E-state index is 9.89. The summed E-state index contributed by atoms with van der Waals surface area (Å²) in [5, 5.41) is 19.6. The monoisotopic (exact) mass is 289 g/mol. The van der Waals surface area contributed by atoms with Gasteiger partial charge >= 0.3 is 0 Å². The van der Waals surface area contributed by atoms with E-state index in [9.17, 15) is 10.2 Å². The number of hydrogen-bond donors (Lipinski definition) is 3. The van der Waals surface area contributed by atoms with Gasteiger partial charge in [0.15, 0.2) is 11.5 Å². The average Bonchev–Trinajstić information content (AvgIpc) is 2.29. The summed E-state index contributed by atoms with van der Waals surface area (Å²) in [5.41, 5.74) is 6.33. The quantitative estimate of drug-likeness (QED) is 0.792. The zero-order valence-electron chi connectivity index (χ0n) is 9.27. The predicted octanol–water partition coefficient (Wildman–Crippen LogP) is 1.93. The first kappa shape index (κ1) is 13.3. The van der Waals surface area contributed by atoms with Gasteiger partial charge in [0.05, 0.1) is 19.3 Å². The lowest BCUT2D eigenvalue weighted by molar-refractivity contribution is 0.139. The van der Waals surface area contributed by atoms with Crippen LogP contribution in [0, 0.1) is 0 Å². The molecule has 2 atom stereocenters. The molecule has 0 heterocycles. The molecule has 0 aliphatic heterocycles. The number of aromatic hydroxyl groups is 1. The van der Waals surface area contributed by atoms with Crippen LogP contribution < -0.4 is 10.5 Å². The van der Waals surface area contributed by atoms with Crippen LogP contribution in [-0.4, -0.2) is 23.4 Å². The zero-order chi connectivity index (χ0) is 12.3. The van der Waals surface area contributed by atoms with E-state index in [4.69, 9.17) is 10.5 Å². The Balaban J connectivity index is 3.17. The Morgan fingerprint density at radius 2 is 2.12 bits per heavy atom. The number of nitrogens with two attached hydrogens (primary N) is 1. The number of phenolic OH excluding ortho intramolecular Hbond substituents is 1. The minimum Gasteiger partial charge on any atom is -0.504 e. The second-order valence-corrected chi connectivity index (χ2v) is 4.46. The Morgan fingerprint density at radius 3 is 2.62 bits per heavy atom. The van der Waals surface area contributed by atoms with Crippen molar-refractivity contribution in [3.05, 3.63) is 22.2 Å². The number of methoxy groups -OCH3 is 1. The zero-order valence-corrected chi connectivity index (χ0v) is 10.9. The lowest BCUT2D eigenvalue weighted by Crippen LogP contribution is -2.25. The molecule has 0 saturated heterocycles. The largest absolute Gasteiger partial charge is 0.504 e. The highest BCUT2D eigenvalue weighted by Crippen LogP contribution is 2.37. The standard InChI is InChI=1S/C11H16BrNO3/c1-3-8(14)10(13)7-4-6(12)5-9(16-2)11(7)15/h4-5,8,10,14-15H,3,13H2,1-2H3/t8-,10+/m0/s1. The fraction of sp³-hybridized carbons (Fsp3) is 0.455. The summed E-state index contributed by atoms with van der Waals surface area (Å²) in [4.78, 5) is 0. The van der Waals surface area contributed by atoms with Crippen LogP contribution in [0.15, 0.2) is 16.6 Å². The van der Waals surface area contributed by atoms with Crippen LogP contribution in [0.2, 0.25) is 0 Å². The predicted molar refractivity (Wildman–Crippen MR) is 65.6 cm³/mol. The molecule has 1 rings (SSSR count). The molecule has 4 nitrogen and oxygen atoms in total. The highest BCUT2D eigenvalue weighted by atomic mass is 79.9. The lowest BCUT2D eigenvalue weighted by Gasteiger charge is -2.20. The molecular weight excluding hydrogens is 274 g/mol. The van der Waals surface area contributed by atoms with Crippen molar-refractivity contribution >= 4 is 15.9 Å². The number of aliphatic hydroxyl groups excluding tert-OH is 1. The Bertz CT molecular complexity index is 370. The van der Waals surface area contributed by atoms with Gasteiger partial charge in [-0.05, 0) is 18.6 Å². The molecule has 16 heavy (non-hydrogen) atoms. The van der Waals surface area contributed by atoms with Gasteiger partial charge in [0.1, 0.15) is 0 Å². The fourth-order valence-electron chi connectivity index (χ4n) is 1.47. The van der Waals surface area contributed by atoms with Crippen molar-refractivity contribution in [3.8, 4) is 11.5 Å². The normalized spacial score (nSPS) is 14.6. The maximum absolute atomic E-state index is 9.89. The highest BCUT2D eigenvalue weighted by Gasteiger charge is 2.21. The number of aliphatic hydroxyl groups is 1. The van der Waals surface area contributed by atoms with Gasteiger partial charge in [0, 0.05) is 10.0 Å². The molecule has 0 fully saturated rings. The van der Waals surface area contributed by atoms with Gasteiger partial charge in [-0.3, -0.25) is 0 Å². The molecule has 90 valence electrons. The molecule has 1 aromatic carbocycles. The van der Waals surface area contributed by atoms with Crippen molar-refractivity contribution in [2.45, 2.75) is 25.5 Å². The van der Waals surface area contributed by atoms with E-state index in [0.717, 1.165) is 4.47 Å². The molecule has 1 aromatic rings. The van der Waals surface area contributed by atoms with Crippen LogP contribution in [0.25, 0.3) is 0 Å². The van der Waals surface area contributed by atoms with Crippen LogP contribution in [0.1, 0.15) is 24.9 Å². The first-order chi connectivity index (χ1) is 7.51. The molecule has 0 aliphatic rings. The molecule has 0 saturated carbocycles. The number of rotatable bonds is 4. The second kappa shape index (κ2) is 5.52. The van der Waals surface area contributed by atoms with Crippen molar-refractivity contribution in [1.29, 1.82) is 0 Å². The summed E-state index contributed by atoms with van der Waals surface area (Å²) in [5.74, 6) is 0.314. The first-order valence-corrected chi connectivity index (χ1v) is 5.80. The van der Waals surface area contributed by atoms with Crippen molar-refractivity contribution in [2.24, 2.45) is 5.73 Å². The van der Waals surface area contributed by atoms with Gasteiger partial charge in [0.2, 0.25) is 0 Å². The van der Waals surface area contributed by atoms with Crippen LogP contribution in [0.3, 0.4) is 0 Å². The second-order valence-electron chi connectivity index (χ2n) is 3.55. The van der Waals surface area contributed by atoms with Crippen LogP contribution in [0.4, 0.5) is 0 Å². The van der Waals surface area contributed by atoms with E-state index in [2.05, 4.69) is 15.9 Å². The highest BCUT2D eigenvalue weighted by molar-refractivity contribution is 9.10. The molecule has 0 spiro atoms. The van der Waals surface area contributed by atoms with E-state index >= 15 is 0 Å². The summed E-state index contributed by atoms with van der Waals surface area (Å²) in [6.07, 6.45) is -0.167. The molecule has 0 amide bonds. The van der Waals surface area contributed by atoms with Crippen molar-refractivity contribution < 1.29 is 14.9 Å². The third-order valence-corrected chi connectivity index (χ3v) is 2.94. The molecule has 0 aliphatic carbocycles. The Kier molecular flexibility index (Phi) is 4.58. The summed E-state index contributed by atoms with van der Waals surface area (Å²) >= 11 is 3.30. The van der Waals surface area contributed by atoms with E-state index in [-0.39, 0.29) is 5.75 Å². The molecule has 0 unspecified atom stereocenters. The average molecular weight is 290 g/mol. The van der Waals surface area contributed by atoms with Crippen LogP contribution in [0.5, 0.6) is 11.5 Å². The molecule has 0 bridgehead atoms. The van der Waals surface area contributed by atoms with Crippen LogP contribution in [-0.2, 0) is 0 Å². The minimum absolute atomic E-state index is 0.0225. The topological polar surface area (TPSA) is 75.7 Å². The van der Waals surface area contributed by atoms with Crippen molar-refractivity contribution in [1.82, 2.24) is 0 Å². The first-order valence-electron chi connectivity index (χ1n) is 5.01. The van der Waals surface area contributed by atoms with E-state index in [1.54, 1.807) is 12.1 Å². The number of halogens is 1. The fourth-order valence-corrected chi connectivity index (χ4v) is 1.92. The smallest absolute Gasteiger partial charge is 0.162 e. The van der Waals surface area contributed by atoms with Crippen molar-refractivity contribution in [3.63, 3.8) is 0 Å². The molecule has 4 N–H and O–H groups in total. The van der Waals surface area contributed by atoms with Gasteiger partial charge in [-0.25, -0.2) is 0 Å². The van der Waals surface area contributed by atoms with E-state index < -0.39 is 12.1 Å². The number of benzene rings is 1. The third-order valence-electron chi connectivity index (χ3n) is 2.48. The molecular formula is C11H16BrNO3. The van der Waals surface area contributed by atoms with Gasteiger partial charge in [0.25, 0.3) is 0 Å². The number of ether oxygens (including phenoxy) is 1. The van der Waals surface area contributed by atoms with E-state index in [1.165, 1.54) is 7.11 Å². The minimum atomic E-state index is -0.690. The third kappa shape index (κ3) is 2.66. The Morgan fingerprint density at radius 1 is 1.50 bits per heavy atom. The van der Waals surface area contributed by atoms with Crippen LogP contribution >= 0.6 is 15.9 Å². The molecule has 0 aromatic heterocycles. The SMILES string of the molecule is CC[C@H](O)[C@H](N)c1cc(Br)cc(OC)c1O. The molecule has 5 heteroatoms. The number of phenols is 1. The van der Waals surface area contributed by atoms with Crippen molar-refractivity contribution in [2.75, 3.05) is 7.11 Å². The van der Waals surface area contributed by atoms with Gasteiger partial charge in [-0.15, -0.1) is 0 Å². The number of hydrogen-bond acceptors (Lipinski definition) is 4. The summed E-state index contributed by atoms with van der Waals surface area (Å²) in [6, 6.07) is 2.70. The summed E-state index contributed by atoms with van der Waals surface area (Å²) in [6.45, 7) is 1.83. The lowest BCUT2D eigenvalue weighted by atomic mass is 9.99. The summed E-state index contributed by atoms with van der Waals surface area (Å²) < 4.78 is 5.76. The van der Waals surface area contributed by atoms with Gasteiger partial charge in [-0.1, -0.05) is 22.9 Å².